The lowest BCUT2D eigenvalue weighted by Crippen LogP contribution is -2.50. The molecule has 0 spiro atoms. The molecule has 1 aliphatic heterocycles. The Hall–Kier alpha value is -0.590. The van der Waals surface area contributed by atoms with E-state index in [-0.39, 0.29) is 42.8 Å². The molecule has 3 unspecified atom stereocenters. The van der Waals surface area contributed by atoms with Crippen molar-refractivity contribution in [1.29, 1.82) is 0 Å². The van der Waals surface area contributed by atoms with Gasteiger partial charge in [-0.1, -0.05) is 26.0 Å². The van der Waals surface area contributed by atoms with Crippen LogP contribution in [0, 0.1) is 5.92 Å². The Morgan fingerprint density at radius 2 is 1.91 bits per heavy atom. The molecule has 1 saturated heterocycles. The topological polar surface area (TPSA) is 64.6 Å². The molecule has 0 saturated carbocycles. The van der Waals surface area contributed by atoms with Crippen molar-refractivity contribution in [1.82, 2.24) is 15.5 Å². The third kappa shape index (κ3) is 8.18. The highest BCUT2D eigenvalue weighted by Crippen LogP contribution is 2.11. The van der Waals surface area contributed by atoms with E-state index in [4.69, 9.17) is 0 Å². The van der Waals surface area contributed by atoms with Crippen LogP contribution in [0.25, 0.3) is 0 Å². The minimum atomic E-state index is -0.417. The minimum Gasteiger partial charge on any atom is -0.392 e. The Balaban J connectivity index is 0. The smallest absolute Gasteiger partial charge is 0.237 e. The number of halogens is 2. The summed E-state index contributed by atoms with van der Waals surface area (Å²) >= 11 is 0. The standard InChI is InChI=1S/C16H29N3O2.2ClH/c1-5-7-19(8-6-2)15(12(3)4)11-18-16(21)14-9-13(20)10-17-14;;/h5-6,12-15,17,20H,1-2,7-11H2,3-4H3,(H,18,21);2*1H. The molecule has 5 nitrogen and oxygen atoms in total. The van der Waals surface area contributed by atoms with Gasteiger partial charge in [0.25, 0.3) is 0 Å². The van der Waals surface area contributed by atoms with Gasteiger partial charge in [0.15, 0.2) is 0 Å². The first-order valence-electron chi connectivity index (χ1n) is 7.64. The van der Waals surface area contributed by atoms with Crippen molar-refractivity contribution in [2.75, 3.05) is 26.2 Å². The Kier molecular flexibility index (Phi) is 13.7. The van der Waals surface area contributed by atoms with Gasteiger partial charge >= 0.3 is 0 Å². The van der Waals surface area contributed by atoms with Gasteiger partial charge in [0.2, 0.25) is 5.91 Å². The van der Waals surface area contributed by atoms with E-state index in [0.29, 0.717) is 25.4 Å². The van der Waals surface area contributed by atoms with Gasteiger partial charge in [-0.25, -0.2) is 0 Å². The fourth-order valence-corrected chi connectivity index (χ4v) is 2.71. The van der Waals surface area contributed by atoms with Gasteiger partial charge in [0, 0.05) is 32.2 Å². The highest BCUT2D eigenvalue weighted by molar-refractivity contribution is 5.85. The number of aliphatic hydroxyl groups excluding tert-OH is 1. The largest absolute Gasteiger partial charge is 0.392 e. The highest BCUT2D eigenvalue weighted by atomic mass is 35.5. The van der Waals surface area contributed by atoms with E-state index in [2.05, 4.69) is 42.5 Å². The van der Waals surface area contributed by atoms with Gasteiger partial charge in [-0.15, -0.1) is 38.0 Å². The molecular weight excluding hydrogens is 337 g/mol. The molecule has 23 heavy (non-hydrogen) atoms. The maximum atomic E-state index is 12.1. The lowest BCUT2D eigenvalue weighted by atomic mass is 10.0. The summed E-state index contributed by atoms with van der Waals surface area (Å²) in [4.78, 5) is 14.4. The van der Waals surface area contributed by atoms with E-state index in [9.17, 15) is 9.90 Å². The fourth-order valence-electron chi connectivity index (χ4n) is 2.71. The van der Waals surface area contributed by atoms with Gasteiger partial charge in [0.05, 0.1) is 12.1 Å². The fraction of sp³-hybridized carbons (Fsp3) is 0.688. The number of amides is 1. The van der Waals surface area contributed by atoms with Gasteiger partial charge in [0.1, 0.15) is 0 Å². The van der Waals surface area contributed by atoms with E-state index in [1.54, 1.807) is 0 Å². The number of carbonyl (C=O) groups excluding carboxylic acids is 1. The zero-order valence-electron chi connectivity index (χ0n) is 14.0. The summed E-state index contributed by atoms with van der Waals surface area (Å²) in [6, 6.07) is -0.0450. The van der Waals surface area contributed by atoms with Crippen molar-refractivity contribution in [3.05, 3.63) is 25.3 Å². The van der Waals surface area contributed by atoms with Crippen LogP contribution < -0.4 is 10.6 Å². The summed E-state index contributed by atoms with van der Waals surface area (Å²) in [6.45, 7) is 14.5. The Morgan fingerprint density at radius 3 is 2.30 bits per heavy atom. The molecule has 0 radical (unpaired) electrons. The molecule has 0 aliphatic carbocycles. The molecule has 136 valence electrons. The van der Waals surface area contributed by atoms with Crippen LogP contribution in [0.15, 0.2) is 25.3 Å². The second-order valence-corrected chi connectivity index (χ2v) is 5.94. The molecule has 0 bridgehead atoms. The molecule has 1 amide bonds. The lowest BCUT2D eigenvalue weighted by Gasteiger charge is -2.33. The third-order valence-corrected chi connectivity index (χ3v) is 3.88. The van der Waals surface area contributed by atoms with E-state index >= 15 is 0 Å². The molecule has 1 fully saturated rings. The van der Waals surface area contributed by atoms with E-state index < -0.39 is 6.10 Å². The maximum absolute atomic E-state index is 12.1. The summed E-state index contributed by atoms with van der Waals surface area (Å²) in [7, 11) is 0. The number of hydrogen-bond acceptors (Lipinski definition) is 4. The molecule has 0 aromatic carbocycles. The van der Waals surface area contributed by atoms with E-state index in [0.717, 1.165) is 13.1 Å². The summed E-state index contributed by atoms with van der Waals surface area (Å²) in [5.74, 6) is 0.377. The van der Waals surface area contributed by atoms with Gasteiger partial charge in [-0.05, 0) is 12.3 Å². The number of nitrogens with one attached hydrogen (secondary N) is 2. The zero-order chi connectivity index (χ0) is 15.8. The van der Waals surface area contributed by atoms with Crippen LogP contribution >= 0.6 is 24.8 Å². The molecule has 7 heteroatoms. The highest BCUT2D eigenvalue weighted by Gasteiger charge is 2.29. The van der Waals surface area contributed by atoms with Crippen LogP contribution in [0.3, 0.4) is 0 Å². The van der Waals surface area contributed by atoms with Crippen molar-refractivity contribution >= 4 is 30.7 Å². The van der Waals surface area contributed by atoms with Crippen molar-refractivity contribution in [3.63, 3.8) is 0 Å². The normalized spacial score (nSPS) is 21.3. The second-order valence-electron chi connectivity index (χ2n) is 5.94. The van der Waals surface area contributed by atoms with Crippen LogP contribution in [0.4, 0.5) is 0 Å². The van der Waals surface area contributed by atoms with Crippen molar-refractivity contribution in [3.8, 4) is 0 Å². The number of β-amino-alcohol motifs (C(OH)–C–C–N with tert-alkyl or cyclic N) is 1. The molecule has 1 rings (SSSR count). The number of hydrogen-bond donors (Lipinski definition) is 3. The molecule has 1 aliphatic rings. The van der Waals surface area contributed by atoms with Crippen molar-refractivity contribution < 1.29 is 9.90 Å². The number of aliphatic hydroxyl groups is 1. The number of carbonyl (C=O) groups is 1. The Bertz CT molecular complexity index is 357. The van der Waals surface area contributed by atoms with Crippen molar-refractivity contribution in [2.45, 2.75) is 38.5 Å². The van der Waals surface area contributed by atoms with Crippen LogP contribution in [0.1, 0.15) is 20.3 Å². The summed E-state index contributed by atoms with van der Waals surface area (Å²) in [5, 5.41) is 15.5. The first-order chi connectivity index (χ1) is 9.99. The van der Waals surface area contributed by atoms with Crippen LogP contribution in [-0.4, -0.2) is 60.3 Å². The first-order valence-corrected chi connectivity index (χ1v) is 7.64. The van der Waals surface area contributed by atoms with E-state index in [1.807, 2.05) is 12.2 Å². The predicted octanol–water partition coefficient (Wildman–Crippen LogP) is 1.37. The lowest BCUT2D eigenvalue weighted by molar-refractivity contribution is -0.123. The van der Waals surface area contributed by atoms with E-state index in [1.165, 1.54) is 0 Å². The van der Waals surface area contributed by atoms with Gasteiger partial charge < -0.3 is 15.7 Å². The third-order valence-electron chi connectivity index (χ3n) is 3.88. The molecule has 3 N–H and O–H groups in total. The Morgan fingerprint density at radius 1 is 1.35 bits per heavy atom. The molecule has 0 aromatic heterocycles. The van der Waals surface area contributed by atoms with Crippen LogP contribution in [-0.2, 0) is 4.79 Å². The average molecular weight is 368 g/mol. The SMILES string of the molecule is C=CCN(CC=C)C(CNC(=O)C1CC(O)CN1)C(C)C.Cl.Cl. The molecule has 3 atom stereocenters. The average Bonchev–Trinajstić information content (AvgIpc) is 2.85. The summed E-state index contributed by atoms with van der Waals surface area (Å²) < 4.78 is 0. The van der Waals surface area contributed by atoms with Crippen LogP contribution in [0.5, 0.6) is 0 Å². The first kappa shape index (κ1) is 24.7. The van der Waals surface area contributed by atoms with Gasteiger partial charge in [-0.3, -0.25) is 9.69 Å². The van der Waals surface area contributed by atoms with Gasteiger partial charge in [-0.2, -0.15) is 0 Å². The maximum Gasteiger partial charge on any atom is 0.237 e. The monoisotopic (exact) mass is 367 g/mol. The summed E-state index contributed by atoms with van der Waals surface area (Å²) in [6.07, 6.45) is 3.81. The second kappa shape index (κ2) is 12.8. The minimum absolute atomic E-state index is 0. The summed E-state index contributed by atoms with van der Waals surface area (Å²) in [5.41, 5.74) is 0. The molecule has 0 aromatic rings. The zero-order valence-corrected chi connectivity index (χ0v) is 15.7. The predicted molar refractivity (Wildman–Crippen MR) is 101 cm³/mol. The molecule has 1 heterocycles. The molecular formula is C16H31Cl2N3O2. The van der Waals surface area contributed by atoms with Crippen molar-refractivity contribution in [2.24, 2.45) is 5.92 Å². The van der Waals surface area contributed by atoms with Crippen LogP contribution in [0.2, 0.25) is 0 Å². The number of rotatable bonds is 9. The Labute approximate surface area is 152 Å². The number of nitrogens with zero attached hydrogens (tertiary/aromatic N) is 1. The quantitative estimate of drug-likeness (QED) is 0.538.